The fourth-order valence-corrected chi connectivity index (χ4v) is 1.40. The van der Waals surface area contributed by atoms with Gasteiger partial charge in [0.1, 0.15) is 11.3 Å². The van der Waals surface area contributed by atoms with E-state index in [9.17, 15) is 9.90 Å². The van der Waals surface area contributed by atoms with Gasteiger partial charge in [0, 0.05) is 0 Å². The molecule has 0 aliphatic rings. The molecule has 1 rings (SSSR count). The number of hydrogen-bond acceptors (Lipinski definition) is 3. The monoisotopic (exact) mass is 208 g/mol. The Morgan fingerprint density at radius 1 is 1.47 bits per heavy atom. The quantitative estimate of drug-likeness (QED) is 0.777. The summed E-state index contributed by atoms with van der Waals surface area (Å²) in [5.41, 5.74) is 1.00. The maximum absolute atomic E-state index is 11.5. The Hall–Kier alpha value is -1.51. The number of aromatic hydroxyl groups is 1. The molecule has 0 fully saturated rings. The highest BCUT2D eigenvalue weighted by atomic mass is 16.5. The number of carbonyl (C=O) groups excluding carboxylic acids is 1. The van der Waals surface area contributed by atoms with Crippen LogP contribution in [-0.4, -0.2) is 17.7 Å². The predicted molar refractivity (Wildman–Crippen MR) is 58.2 cm³/mol. The lowest BCUT2D eigenvalue weighted by molar-refractivity contribution is 0.0523. The number of phenolic OH excluding ortho intramolecular Hbond substituents is 1. The van der Waals surface area contributed by atoms with Crippen molar-refractivity contribution in [1.82, 2.24) is 0 Å². The molecule has 0 saturated heterocycles. The zero-order chi connectivity index (χ0) is 11.4. The first kappa shape index (κ1) is 11.6. The largest absolute Gasteiger partial charge is 0.507 e. The molecule has 1 N–H and O–H groups in total. The summed E-state index contributed by atoms with van der Waals surface area (Å²) in [5.74, 6) is -0.261. The Bertz CT molecular complexity index is 356. The summed E-state index contributed by atoms with van der Waals surface area (Å²) < 4.78 is 4.84. The number of ether oxygens (including phenoxy) is 1. The van der Waals surface area contributed by atoms with Gasteiger partial charge < -0.3 is 9.84 Å². The third-order valence-corrected chi connectivity index (χ3v) is 2.18. The van der Waals surface area contributed by atoms with Crippen molar-refractivity contribution in [3.63, 3.8) is 0 Å². The Kier molecular flexibility index (Phi) is 3.72. The molecule has 0 bridgehead atoms. The molecule has 3 nitrogen and oxygen atoms in total. The molecule has 15 heavy (non-hydrogen) atoms. The highest BCUT2D eigenvalue weighted by Crippen LogP contribution is 2.29. The summed E-state index contributed by atoms with van der Waals surface area (Å²) in [6.45, 7) is 5.97. The number of phenols is 1. The number of esters is 1. The van der Waals surface area contributed by atoms with Gasteiger partial charge in [-0.2, -0.15) is 0 Å². The molecule has 0 atom stereocenters. The van der Waals surface area contributed by atoms with Crippen LogP contribution in [0.2, 0.25) is 0 Å². The van der Waals surface area contributed by atoms with Crippen molar-refractivity contribution >= 4 is 5.97 Å². The molecule has 0 amide bonds. The van der Waals surface area contributed by atoms with Crippen LogP contribution in [0, 0.1) is 0 Å². The van der Waals surface area contributed by atoms with Gasteiger partial charge in [0.15, 0.2) is 0 Å². The number of carbonyl (C=O) groups is 1. The lowest BCUT2D eigenvalue weighted by Crippen LogP contribution is -2.06. The maximum atomic E-state index is 11.5. The fraction of sp³-hybridized carbons (Fsp3) is 0.417. The van der Waals surface area contributed by atoms with Gasteiger partial charge in [-0.3, -0.25) is 0 Å². The van der Waals surface area contributed by atoms with E-state index in [1.165, 1.54) is 0 Å². The van der Waals surface area contributed by atoms with Gasteiger partial charge in [0.25, 0.3) is 0 Å². The minimum Gasteiger partial charge on any atom is -0.507 e. The van der Waals surface area contributed by atoms with E-state index in [2.05, 4.69) is 0 Å². The highest BCUT2D eigenvalue weighted by Gasteiger charge is 2.16. The van der Waals surface area contributed by atoms with Crippen molar-refractivity contribution in [1.29, 1.82) is 0 Å². The van der Waals surface area contributed by atoms with Crippen LogP contribution in [0.3, 0.4) is 0 Å². The van der Waals surface area contributed by atoms with Gasteiger partial charge in [0.05, 0.1) is 6.61 Å². The van der Waals surface area contributed by atoms with E-state index in [0.717, 1.165) is 5.56 Å². The first-order valence-corrected chi connectivity index (χ1v) is 5.07. The summed E-state index contributed by atoms with van der Waals surface area (Å²) in [5, 5.41) is 9.86. The van der Waals surface area contributed by atoms with Gasteiger partial charge >= 0.3 is 5.97 Å². The third-order valence-electron chi connectivity index (χ3n) is 2.18. The van der Waals surface area contributed by atoms with Crippen molar-refractivity contribution in [2.45, 2.75) is 26.7 Å². The maximum Gasteiger partial charge on any atom is 0.341 e. The number of hydrogen-bond donors (Lipinski definition) is 1. The Morgan fingerprint density at radius 2 is 2.13 bits per heavy atom. The van der Waals surface area contributed by atoms with E-state index < -0.39 is 5.97 Å². The van der Waals surface area contributed by atoms with Gasteiger partial charge in [-0.25, -0.2) is 4.79 Å². The normalized spacial score (nSPS) is 10.4. The van der Waals surface area contributed by atoms with Crippen molar-refractivity contribution in [3.8, 4) is 5.75 Å². The second-order valence-corrected chi connectivity index (χ2v) is 3.62. The second-order valence-electron chi connectivity index (χ2n) is 3.62. The zero-order valence-corrected chi connectivity index (χ0v) is 9.28. The van der Waals surface area contributed by atoms with Gasteiger partial charge in [-0.1, -0.05) is 26.0 Å². The lowest BCUT2D eigenvalue weighted by Gasteiger charge is -2.11. The van der Waals surface area contributed by atoms with E-state index >= 15 is 0 Å². The SMILES string of the molecule is CCOC(=O)c1cccc(C(C)C)c1O. The molecule has 0 aliphatic heterocycles. The predicted octanol–water partition coefficient (Wildman–Crippen LogP) is 2.69. The first-order valence-electron chi connectivity index (χ1n) is 5.07. The van der Waals surface area contributed by atoms with Gasteiger partial charge in [-0.15, -0.1) is 0 Å². The molecule has 0 radical (unpaired) electrons. The van der Waals surface area contributed by atoms with Crippen LogP contribution in [0.4, 0.5) is 0 Å². The van der Waals surface area contributed by atoms with Crippen LogP contribution in [0.5, 0.6) is 5.75 Å². The Balaban J connectivity index is 3.09. The molecule has 82 valence electrons. The molecule has 1 aromatic rings. The van der Waals surface area contributed by atoms with Crippen molar-refractivity contribution in [3.05, 3.63) is 29.3 Å². The Labute approximate surface area is 89.7 Å². The van der Waals surface area contributed by atoms with Crippen LogP contribution < -0.4 is 0 Å². The van der Waals surface area contributed by atoms with Crippen molar-refractivity contribution in [2.75, 3.05) is 6.61 Å². The lowest BCUT2D eigenvalue weighted by atomic mass is 9.99. The summed E-state index contributed by atoms with van der Waals surface area (Å²) in [6.07, 6.45) is 0. The molecule has 0 saturated carbocycles. The van der Waals surface area contributed by atoms with Gasteiger partial charge in [0.2, 0.25) is 0 Å². The average molecular weight is 208 g/mol. The smallest absolute Gasteiger partial charge is 0.341 e. The minimum absolute atomic E-state index is 0.0333. The van der Waals surface area contributed by atoms with Crippen molar-refractivity contribution < 1.29 is 14.6 Å². The molecular formula is C12H16O3. The number of para-hydroxylation sites is 1. The Morgan fingerprint density at radius 3 is 2.67 bits per heavy atom. The van der Waals surface area contributed by atoms with E-state index in [-0.39, 0.29) is 17.2 Å². The van der Waals surface area contributed by atoms with E-state index in [4.69, 9.17) is 4.74 Å². The number of rotatable bonds is 3. The van der Waals surface area contributed by atoms with Gasteiger partial charge in [-0.05, 0) is 24.5 Å². The topological polar surface area (TPSA) is 46.5 Å². The number of benzene rings is 1. The summed E-state index contributed by atoms with van der Waals surface area (Å²) >= 11 is 0. The molecule has 0 aromatic heterocycles. The summed E-state index contributed by atoms with van der Waals surface area (Å²) in [4.78, 5) is 11.5. The highest BCUT2D eigenvalue weighted by molar-refractivity contribution is 5.92. The first-order chi connectivity index (χ1) is 7.07. The van der Waals surface area contributed by atoms with Crippen LogP contribution in [0.15, 0.2) is 18.2 Å². The standard InChI is InChI=1S/C12H16O3/c1-4-15-12(14)10-7-5-6-9(8(2)3)11(10)13/h5-8,13H,4H2,1-3H3. The molecule has 0 heterocycles. The zero-order valence-electron chi connectivity index (χ0n) is 9.28. The van der Waals surface area contributed by atoms with E-state index in [0.29, 0.717) is 6.61 Å². The van der Waals surface area contributed by atoms with Crippen LogP contribution in [0.25, 0.3) is 0 Å². The summed E-state index contributed by atoms with van der Waals surface area (Å²) in [6, 6.07) is 5.13. The van der Waals surface area contributed by atoms with E-state index in [1.54, 1.807) is 19.1 Å². The minimum atomic E-state index is -0.475. The van der Waals surface area contributed by atoms with E-state index in [1.807, 2.05) is 19.9 Å². The fourth-order valence-electron chi connectivity index (χ4n) is 1.40. The molecule has 0 unspecified atom stereocenters. The second kappa shape index (κ2) is 4.82. The molecule has 1 aromatic carbocycles. The van der Waals surface area contributed by atoms with Crippen LogP contribution in [0.1, 0.15) is 42.6 Å². The molecule has 0 spiro atoms. The average Bonchev–Trinajstić information content (AvgIpc) is 2.17. The summed E-state index contributed by atoms with van der Waals surface area (Å²) in [7, 11) is 0. The van der Waals surface area contributed by atoms with Crippen LogP contribution in [-0.2, 0) is 4.74 Å². The van der Waals surface area contributed by atoms with Crippen LogP contribution >= 0.6 is 0 Å². The molecule has 0 aliphatic carbocycles. The third kappa shape index (κ3) is 2.49. The molecule has 3 heteroatoms. The molecular weight excluding hydrogens is 192 g/mol. The van der Waals surface area contributed by atoms with Crippen molar-refractivity contribution in [2.24, 2.45) is 0 Å².